The van der Waals surface area contributed by atoms with Gasteiger partial charge in [-0.2, -0.15) is 0 Å². The lowest BCUT2D eigenvalue weighted by Gasteiger charge is -2.39. The molecule has 2 heterocycles. The number of fused-ring (bicyclic) bond motifs is 2. The van der Waals surface area contributed by atoms with E-state index in [-0.39, 0.29) is 0 Å². The van der Waals surface area contributed by atoms with Gasteiger partial charge >= 0.3 is 0 Å². The van der Waals surface area contributed by atoms with Gasteiger partial charge < -0.3 is 5.32 Å². The lowest BCUT2D eigenvalue weighted by atomic mass is 9.78. The van der Waals surface area contributed by atoms with E-state index in [9.17, 15) is 0 Å². The molecule has 0 saturated carbocycles. The molecular weight excluding hydrogens is 340 g/mol. The SMILES string of the molecule is c1ccc(CNC2C3CCN(C3)C2C(c2ccccc2)c2ccccc2)cc1. The van der Waals surface area contributed by atoms with Gasteiger partial charge in [-0.3, -0.25) is 4.90 Å². The second-order valence-electron chi connectivity index (χ2n) is 8.23. The van der Waals surface area contributed by atoms with Gasteiger partial charge in [0.2, 0.25) is 0 Å². The van der Waals surface area contributed by atoms with Gasteiger partial charge in [-0.25, -0.2) is 0 Å². The highest BCUT2D eigenvalue weighted by Crippen LogP contribution is 2.43. The fourth-order valence-electron chi connectivity index (χ4n) is 5.33. The van der Waals surface area contributed by atoms with E-state index < -0.39 is 0 Å². The van der Waals surface area contributed by atoms with Crippen LogP contribution < -0.4 is 5.32 Å². The Labute approximate surface area is 168 Å². The molecule has 0 radical (unpaired) electrons. The van der Waals surface area contributed by atoms with Gasteiger partial charge in [0.05, 0.1) is 0 Å². The molecule has 2 bridgehead atoms. The van der Waals surface area contributed by atoms with Crippen molar-refractivity contribution in [1.29, 1.82) is 0 Å². The maximum atomic E-state index is 3.96. The highest BCUT2D eigenvalue weighted by molar-refractivity contribution is 5.36. The zero-order chi connectivity index (χ0) is 18.8. The second-order valence-corrected chi connectivity index (χ2v) is 8.23. The van der Waals surface area contributed by atoms with Gasteiger partial charge in [0.1, 0.15) is 0 Å². The van der Waals surface area contributed by atoms with Gasteiger partial charge in [-0.15, -0.1) is 0 Å². The maximum Gasteiger partial charge on any atom is 0.0362 e. The Morgan fingerprint density at radius 3 is 1.96 bits per heavy atom. The number of rotatable bonds is 6. The van der Waals surface area contributed by atoms with Gasteiger partial charge in [0, 0.05) is 31.1 Å². The topological polar surface area (TPSA) is 15.3 Å². The summed E-state index contributed by atoms with van der Waals surface area (Å²) >= 11 is 0. The first-order valence-electron chi connectivity index (χ1n) is 10.5. The summed E-state index contributed by atoms with van der Waals surface area (Å²) in [6.45, 7) is 3.41. The number of nitrogens with one attached hydrogen (secondary N) is 1. The number of hydrogen-bond acceptors (Lipinski definition) is 2. The molecule has 3 aromatic carbocycles. The lowest BCUT2D eigenvalue weighted by Crippen LogP contribution is -2.50. The maximum absolute atomic E-state index is 3.96. The molecule has 142 valence electrons. The van der Waals surface area contributed by atoms with Gasteiger partial charge in [-0.1, -0.05) is 91.0 Å². The minimum absolute atomic E-state index is 0.404. The molecule has 28 heavy (non-hydrogen) atoms. The summed E-state index contributed by atoms with van der Waals surface area (Å²) in [5.41, 5.74) is 4.23. The van der Waals surface area contributed by atoms with Crippen LogP contribution in [0.3, 0.4) is 0 Å². The van der Waals surface area contributed by atoms with Crippen molar-refractivity contribution in [3.05, 3.63) is 108 Å². The molecule has 2 aliphatic heterocycles. The molecule has 2 fully saturated rings. The van der Waals surface area contributed by atoms with Gasteiger partial charge in [0.15, 0.2) is 0 Å². The Morgan fingerprint density at radius 1 is 0.786 bits per heavy atom. The first kappa shape index (κ1) is 17.7. The Kier molecular flexibility index (Phi) is 4.99. The number of hydrogen-bond donors (Lipinski definition) is 1. The molecule has 4 atom stereocenters. The van der Waals surface area contributed by atoms with Crippen molar-refractivity contribution in [3.63, 3.8) is 0 Å². The molecule has 1 N–H and O–H groups in total. The van der Waals surface area contributed by atoms with E-state index >= 15 is 0 Å². The van der Waals surface area contributed by atoms with E-state index in [0.29, 0.717) is 18.0 Å². The molecule has 0 spiro atoms. The molecule has 2 aliphatic rings. The number of benzene rings is 3. The fourth-order valence-corrected chi connectivity index (χ4v) is 5.33. The molecule has 2 saturated heterocycles. The minimum Gasteiger partial charge on any atom is -0.308 e. The van der Waals surface area contributed by atoms with Crippen molar-refractivity contribution in [2.45, 2.75) is 31.0 Å². The average molecular weight is 369 g/mol. The van der Waals surface area contributed by atoms with Crippen molar-refractivity contribution in [2.75, 3.05) is 13.1 Å². The smallest absolute Gasteiger partial charge is 0.0362 e. The molecule has 4 unspecified atom stereocenters. The summed E-state index contributed by atoms with van der Waals surface area (Å²) in [5, 5.41) is 3.96. The van der Waals surface area contributed by atoms with Crippen LogP contribution in [-0.4, -0.2) is 30.1 Å². The molecule has 0 aliphatic carbocycles. The van der Waals surface area contributed by atoms with Gasteiger partial charge in [0.25, 0.3) is 0 Å². The monoisotopic (exact) mass is 368 g/mol. The Balaban J connectivity index is 1.47. The summed E-state index contributed by atoms with van der Waals surface area (Å²) in [6.07, 6.45) is 1.32. The van der Waals surface area contributed by atoms with Crippen molar-refractivity contribution in [3.8, 4) is 0 Å². The third-order valence-corrected chi connectivity index (χ3v) is 6.60. The molecular formula is C26H28N2. The highest BCUT2D eigenvalue weighted by atomic mass is 15.3. The standard InChI is InChI=1S/C26H28N2/c1-4-10-20(11-5-1)18-27-25-23-16-17-28(19-23)26(25)24(21-12-6-2-7-13-21)22-14-8-3-9-15-22/h1-15,23-27H,16-19H2. The van der Waals surface area contributed by atoms with Crippen LogP contribution in [0.2, 0.25) is 0 Å². The van der Waals surface area contributed by atoms with Crippen molar-refractivity contribution in [2.24, 2.45) is 5.92 Å². The Bertz CT molecular complexity index is 839. The summed E-state index contributed by atoms with van der Waals surface area (Å²) < 4.78 is 0. The van der Waals surface area contributed by atoms with Crippen LogP contribution in [-0.2, 0) is 6.54 Å². The van der Waals surface area contributed by atoms with Crippen molar-refractivity contribution >= 4 is 0 Å². The largest absolute Gasteiger partial charge is 0.308 e. The normalized spacial score (nSPS) is 26.0. The van der Waals surface area contributed by atoms with Crippen molar-refractivity contribution < 1.29 is 0 Å². The first-order chi connectivity index (χ1) is 13.9. The van der Waals surface area contributed by atoms with Gasteiger partial charge in [-0.05, 0) is 35.6 Å². The average Bonchev–Trinajstić information content (AvgIpc) is 3.37. The Hall–Kier alpha value is -2.42. The number of piperidine rings is 1. The third kappa shape index (κ3) is 3.39. The first-order valence-corrected chi connectivity index (χ1v) is 10.5. The fraction of sp³-hybridized carbons (Fsp3) is 0.308. The van der Waals surface area contributed by atoms with Crippen LogP contribution in [0.5, 0.6) is 0 Å². The van der Waals surface area contributed by atoms with Crippen LogP contribution in [0.4, 0.5) is 0 Å². The van der Waals surface area contributed by atoms with E-state index in [0.717, 1.165) is 12.5 Å². The highest BCUT2D eigenvalue weighted by Gasteiger charge is 2.49. The quantitative estimate of drug-likeness (QED) is 0.679. The summed E-state index contributed by atoms with van der Waals surface area (Å²) in [4.78, 5) is 2.73. The zero-order valence-corrected chi connectivity index (χ0v) is 16.2. The van der Waals surface area contributed by atoms with E-state index in [4.69, 9.17) is 0 Å². The molecule has 2 nitrogen and oxygen atoms in total. The number of nitrogens with zero attached hydrogens (tertiary/aromatic N) is 1. The predicted molar refractivity (Wildman–Crippen MR) is 115 cm³/mol. The van der Waals surface area contributed by atoms with E-state index in [1.165, 1.54) is 36.2 Å². The van der Waals surface area contributed by atoms with Crippen LogP contribution >= 0.6 is 0 Å². The zero-order valence-electron chi connectivity index (χ0n) is 16.2. The van der Waals surface area contributed by atoms with Crippen LogP contribution in [0.25, 0.3) is 0 Å². The lowest BCUT2D eigenvalue weighted by molar-refractivity contribution is 0.197. The van der Waals surface area contributed by atoms with Crippen molar-refractivity contribution in [1.82, 2.24) is 10.2 Å². The summed E-state index contributed by atoms with van der Waals surface area (Å²) in [5.74, 6) is 1.16. The van der Waals surface area contributed by atoms with E-state index in [1.807, 2.05) is 0 Å². The minimum atomic E-state index is 0.404. The molecule has 2 heteroatoms. The molecule has 0 aromatic heterocycles. The molecule has 3 aromatic rings. The van der Waals surface area contributed by atoms with Crippen LogP contribution in [0.15, 0.2) is 91.0 Å². The summed E-state index contributed by atoms with van der Waals surface area (Å²) in [6, 6.07) is 34.0. The second kappa shape index (κ2) is 7.90. The van der Waals surface area contributed by atoms with Crippen LogP contribution in [0, 0.1) is 5.92 Å². The van der Waals surface area contributed by atoms with E-state index in [2.05, 4.69) is 101 Å². The molecule has 0 amide bonds. The summed E-state index contributed by atoms with van der Waals surface area (Å²) in [7, 11) is 0. The predicted octanol–water partition coefficient (Wildman–Crippen LogP) is 4.68. The van der Waals surface area contributed by atoms with Crippen LogP contribution in [0.1, 0.15) is 29.0 Å². The van der Waals surface area contributed by atoms with E-state index in [1.54, 1.807) is 0 Å². The Morgan fingerprint density at radius 2 is 1.36 bits per heavy atom. The molecule has 5 rings (SSSR count). The third-order valence-electron chi connectivity index (χ3n) is 6.60.